The minimum atomic E-state index is 0.485. The van der Waals surface area contributed by atoms with Crippen LogP contribution in [0.25, 0.3) is 11.3 Å². The highest BCUT2D eigenvalue weighted by atomic mass is 16.5. The molecule has 1 aromatic carbocycles. The first-order valence-electron chi connectivity index (χ1n) is 9.54. The van der Waals surface area contributed by atoms with Crippen LogP contribution in [0.15, 0.2) is 67.0 Å². The molecule has 1 aliphatic heterocycles. The predicted octanol–water partition coefficient (Wildman–Crippen LogP) is 4.53. The van der Waals surface area contributed by atoms with Gasteiger partial charge in [0.05, 0.1) is 12.8 Å². The van der Waals surface area contributed by atoms with Crippen molar-refractivity contribution in [2.75, 3.05) is 20.2 Å². The zero-order valence-corrected chi connectivity index (χ0v) is 15.7. The van der Waals surface area contributed by atoms with Gasteiger partial charge in [-0.3, -0.25) is 14.9 Å². The molecular formula is C23H25N3O. The summed E-state index contributed by atoms with van der Waals surface area (Å²) in [5, 5.41) is 0. The van der Waals surface area contributed by atoms with Crippen LogP contribution < -0.4 is 4.74 Å². The van der Waals surface area contributed by atoms with Crippen molar-refractivity contribution in [2.24, 2.45) is 0 Å². The molecule has 4 rings (SSSR count). The third-order valence-electron chi connectivity index (χ3n) is 5.24. The average Bonchev–Trinajstić information content (AvgIpc) is 2.75. The lowest BCUT2D eigenvalue weighted by Crippen LogP contribution is -2.34. The topological polar surface area (TPSA) is 38.2 Å². The van der Waals surface area contributed by atoms with E-state index in [1.807, 2.05) is 24.5 Å². The molecular weight excluding hydrogens is 334 g/mol. The molecule has 4 heteroatoms. The van der Waals surface area contributed by atoms with Crippen molar-refractivity contribution in [1.29, 1.82) is 0 Å². The van der Waals surface area contributed by atoms with Crippen LogP contribution in [0.1, 0.15) is 30.0 Å². The molecule has 1 fully saturated rings. The summed E-state index contributed by atoms with van der Waals surface area (Å²) in [7, 11) is 1.69. The summed E-state index contributed by atoms with van der Waals surface area (Å²) in [5.74, 6) is 1.35. The van der Waals surface area contributed by atoms with E-state index in [1.165, 1.54) is 24.1 Å². The summed E-state index contributed by atoms with van der Waals surface area (Å²) in [6.07, 6.45) is 6.16. The van der Waals surface area contributed by atoms with Gasteiger partial charge >= 0.3 is 0 Å². The monoisotopic (exact) mass is 359 g/mol. The Kier molecular flexibility index (Phi) is 5.45. The Bertz CT molecular complexity index is 864. The Morgan fingerprint density at radius 3 is 2.63 bits per heavy atom. The molecule has 3 heterocycles. The number of nitrogens with zero attached hydrogens (tertiary/aromatic N) is 3. The first-order chi connectivity index (χ1) is 13.3. The van der Waals surface area contributed by atoms with Gasteiger partial charge < -0.3 is 4.74 Å². The largest absolute Gasteiger partial charge is 0.497 e. The third-order valence-corrected chi connectivity index (χ3v) is 5.24. The number of rotatable bonds is 5. The number of likely N-dealkylation sites (tertiary alicyclic amines) is 1. The summed E-state index contributed by atoms with van der Waals surface area (Å²) in [4.78, 5) is 11.6. The van der Waals surface area contributed by atoms with Crippen LogP contribution in [0.3, 0.4) is 0 Å². The maximum Gasteiger partial charge on any atom is 0.118 e. The van der Waals surface area contributed by atoms with Crippen molar-refractivity contribution >= 4 is 0 Å². The zero-order chi connectivity index (χ0) is 18.5. The van der Waals surface area contributed by atoms with E-state index >= 15 is 0 Å². The van der Waals surface area contributed by atoms with Gasteiger partial charge in [0.25, 0.3) is 0 Å². The Morgan fingerprint density at radius 2 is 1.85 bits per heavy atom. The maximum absolute atomic E-state index is 5.25. The Morgan fingerprint density at radius 1 is 1.04 bits per heavy atom. The molecule has 0 saturated carbocycles. The van der Waals surface area contributed by atoms with Crippen molar-refractivity contribution in [3.63, 3.8) is 0 Å². The van der Waals surface area contributed by atoms with Gasteiger partial charge in [-0.05, 0) is 73.5 Å². The molecule has 0 aliphatic carbocycles. The van der Waals surface area contributed by atoms with Crippen LogP contribution in [0.2, 0.25) is 0 Å². The second-order valence-electron chi connectivity index (χ2n) is 7.11. The number of ether oxygens (including phenoxy) is 1. The molecule has 3 aromatic rings. The standard InChI is InChI=1S/C23H25N3O/c1-27-21-9-7-19(8-10-21)22-5-2-6-23(25-22)20-4-3-15-26(17-20)16-18-11-13-24-14-12-18/h2,5-14,20H,3-4,15-17H2,1H3/t20-/m0/s1. The highest BCUT2D eigenvalue weighted by molar-refractivity contribution is 5.60. The smallest absolute Gasteiger partial charge is 0.118 e. The maximum atomic E-state index is 5.25. The van der Waals surface area contributed by atoms with Crippen molar-refractivity contribution in [2.45, 2.75) is 25.3 Å². The van der Waals surface area contributed by atoms with Crippen LogP contribution in [0, 0.1) is 0 Å². The molecule has 2 aromatic heterocycles. The van der Waals surface area contributed by atoms with Crippen molar-refractivity contribution in [3.8, 4) is 17.0 Å². The molecule has 1 aliphatic rings. The molecule has 0 N–H and O–H groups in total. The summed E-state index contributed by atoms with van der Waals surface area (Å²) in [6.45, 7) is 3.19. The lowest BCUT2D eigenvalue weighted by Gasteiger charge is -2.32. The van der Waals surface area contributed by atoms with E-state index in [0.717, 1.165) is 36.6 Å². The van der Waals surface area contributed by atoms with Crippen molar-refractivity contribution in [3.05, 3.63) is 78.2 Å². The summed E-state index contributed by atoms with van der Waals surface area (Å²) >= 11 is 0. The Hall–Kier alpha value is -2.72. The molecule has 0 radical (unpaired) electrons. The van der Waals surface area contributed by atoms with E-state index in [9.17, 15) is 0 Å². The van der Waals surface area contributed by atoms with Crippen LogP contribution in [0.4, 0.5) is 0 Å². The second-order valence-corrected chi connectivity index (χ2v) is 7.11. The van der Waals surface area contributed by atoms with E-state index in [1.54, 1.807) is 7.11 Å². The minimum absolute atomic E-state index is 0.485. The molecule has 0 spiro atoms. The molecule has 0 bridgehead atoms. The first-order valence-corrected chi connectivity index (χ1v) is 9.54. The van der Waals surface area contributed by atoms with Crippen LogP contribution in [-0.2, 0) is 6.54 Å². The SMILES string of the molecule is COc1ccc(-c2cccc([C@H]3CCCN(Cc4ccncc4)C3)n2)cc1. The van der Waals surface area contributed by atoms with E-state index in [-0.39, 0.29) is 0 Å². The minimum Gasteiger partial charge on any atom is -0.497 e. The number of benzene rings is 1. The van der Waals surface area contributed by atoms with E-state index in [4.69, 9.17) is 9.72 Å². The highest BCUT2D eigenvalue weighted by Gasteiger charge is 2.22. The highest BCUT2D eigenvalue weighted by Crippen LogP contribution is 2.29. The van der Waals surface area contributed by atoms with E-state index in [2.05, 4.69) is 52.3 Å². The number of pyridine rings is 2. The number of hydrogen-bond acceptors (Lipinski definition) is 4. The number of methoxy groups -OCH3 is 1. The molecule has 4 nitrogen and oxygen atoms in total. The zero-order valence-electron chi connectivity index (χ0n) is 15.7. The van der Waals surface area contributed by atoms with Crippen molar-refractivity contribution < 1.29 is 4.74 Å². The Balaban J connectivity index is 1.49. The van der Waals surface area contributed by atoms with Gasteiger partial charge in [-0.2, -0.15) is 0 Å². The third kappa shape index (κ3) is 4.34. The molecule has 1 atom stereocenters. The molecule has 0 unspecified atom stereocenters. The lowest BCUT2D eigenvalue weighted by molar-refractivity contribution is 0.198. The van der Waals surface area contributed by atoms with Crippen LogP contribution in [-0.4, -0.2) is 35.1 Å². The van der Waals surface area contributed by atoms with Crippen molar-refractivity contribution in [1.82, 2.24) is 14.9 Å². The van der Waals surface area contributed by atoms with Gasteiger partial charge in [0.1, 0.15) is 5.75 Å². The quantitative estimate of drug-likeness (QED) is 0.671. The summed E-state index contributed by atoms with van der Waals surface area (Å²) < 4.78 is 5.25. The number of hydrogen-bond donors (Lipinski definition) is 0. The van der Waals surface area contributed by atoms with Gasteiger partial charge in [0.2, 0.25) is 0 Å². The fourth-order valence-electron chi connectivity index (χ4n) is 3.79. The average molecular weight is 359 g/mol. The second kappa shape index (κ2) is 8.31. The van der Waals surface area contributed by atoms with E-state index in [0.29, 0.717) is 5.92 Å². The van der Waals surface area contributed by atoms with Gasteiger partial charge in [-0.25, -0.2) is 0 Å². The fourth-order valence-corrected chi connectivity index (χ4v) is 3.79. The molecule has 1 saturated heterocycles. The van der Waals surface area contributed by atoms with E-state index < -0.39 is 0 Å². The Labute approximate surface area is 160 Å². The lowest BCUT2D eigenvalue weighted by atomic mass is 9.93. The van der Waals surface area contributed by atoms with Gasteiger partial charge in [-0.1, -0.05) is 6.07 Å². The first kappa shape index (κ1) is 17.7. The molecule has 0 amide bonds. The van der Waals surface area contributed by atoms with Crippen LogP contribution >= 0.6 is 0 Å². The molecule has 27 heavy (non-hydrogen) atoms. The normalized spacial score (nSPS) is 17.6. The molecule has 138 valence electrons. The number of piperidine rings is 1. The van der Waals surface area contributed by atoms with Gasteiger partial charge in [0.15, 0.2) is 0 Å². The summed E-state index contributed by atoms with van der Waals surface area (Å²) in [5.41, 5.74) is 4.68. The fraction of sp³-hybridized carbons (Fsp3) is 0.304. The van der Waals surface area contributed by atoms with Crippen LogP contribution in [0.5, 0.6) is 5.75 Å². The van der Waals surface area contributed by atoms with Gasteiger partial charge in [-0.15, -0.1) is 0 Å². The van der Waals surface area contributed by atoms with Gasteiger partial charge in [0, 0.05) is 42.7 Å². The summed E-state index contributed by atoms with van der Waals surface area (Å²) in [6, 6.07) is 18.7. The number of aromatic nitrogens is 2. The predicted molar refractivity (Wildman–Crippen MR) is 108 cm³/mol.